The van der Waals surface area contributed by atoms with Crippen LogP contribution in [0.2, 0.25) is 0 Å². The van der Waals surface area contributed by atoms with Crippen molar-refractivity contribution in [3.8, 4) is 0 Å². The molecule has 0 saturated heterocycles. The van der Waals surface area contributed by atoms with Crippen molar-refractivity contribution in [2.24, 2.45) is 11.7 Å². The molecule has 0 aliphatic rings. The Morgan fingerprint density at radius 3 is 2.47 bits per heavy atom. The van der Waals surface area contributed by atoms with Crippen LogP contribution in [0.3, 0.4) is 0 Å². The van der Waals surface area contributed by atoms with E-state index in [1.165, 1.54) is 5.56 Å². The summed E-state index contributed by atoms with van der Waals surface area (Å²) in [7, 11) is 0. The lowest BCUT2D eigenvalue weighted by Crippen LogP contribution is -2.07. The van der Waals surface area contributed by atoms with Crippen LogP contribution < -0.4 is 5.73 Å². The third kappa shape index (κ3) is 4.70. The lowest BCUT2D eigenvalue weighted by molar-refractivity contribution is 0.0962. The summed E-state index contributed by atoms with van der Waals surface area (Å²) in [6.07, 6.45) is 3.80. The zero-order chi connectivity index (χ0) is 12.7. The van der Waals surface area contributed by atoms with Gasteiger partial charge in [-0.25, -0.2) is 0 Å². The molecule has 0 spiro atoms. The number of ketones is 1. The second kappa shape index (κ2) is 7.23. The number of nitrogens with two attached hydrogens (primary N) is 1. The van der Waals surface area contributed by atoms with E-state index in [0.29, 0.717) is 18.9 Å². The van der Waals surface area contributed by atoms with Gasteiger partial charge in [0.15, 0.2) is 5.78 Å². The van der Waals surface area contributed by atoms with Crippen molar-refractivity contribution < 1.29 is 4.79 Å². The second-order valence-electron chi connectivity index (χ2n) is 4.76. The van der Waals surface area contributed by atoms with Crippen LogP contribution in [0, 0.1) is 5.92 Å². The molecule has 0 fully saturated rings. The van der Waals surface area contributed by atoms with E-state index in [1.54, 1.807) is 0 Å². The number of hydrogen-bond donors (Lipinski definition) is 1. The first-order valence-corrected chi connectivity index (χ1v) is 6.49. The highest BCUT2D eigenvalue weighted by Crippen LogP contribution is 2.15. The van der Waals surface area contributed by atoms with E-state index in [2.05, 4.69) is 13.8 Å². The number of carbonyl (C=O) groups excluding carboxylic acids is 1. The number of carbonyl (C=O) groups is 1. The maximum absolute atomic E-state index is 12.0. The Bertz CT molecular complexity index is 342. The Hall–Kier alpha value is -1.15. The van der Waals surface area contributed by atoms with Gasteiger partial charge in [-0.2, -0.15) is 0 Å². The van der Waals surface area contributed by atoms with E-state index in [4.69, 9.17) is 5.73 Å². The van der Waals surface area contributed by atoms with Crippen molar-refractivity contribution >= 4 is 5.78 Å². The fourth-order valence-electron chi connectivity index (χ4n) is 2.05. The van der Waals surface area contributed by atoms with Gasteiger partial charge in [0.05, 0.1) is 0 Å². The lowest BCUT2D eigenvalue weighted by Gasteiger charge is -2.09. The first-order valence-electron chi connectivity index (χ1n) is 6.49. The number of Topliss-reactive ketones (excluding diaryl/α,β-unsaturated/α-hetero) is 1. The normalized spacial score (nSPS) is 12.4. The molecule has 1 unspecified atom stereocenters. The Morgan fingerprint density at radius 1 is 1.29 bits per heavy atom. The SMILES string of the molecule is CCCC(C)CC(=O)c1ccc(CCN)cc1. The molecular weight excluding hydrogens is 210 g/mol. The maximum atomic E-state index is 12.0. The molecule has 2 heteroatoms. The summed E-state index contributed by atoms with van der Waals surface area (Å²) in [5.41, 5.74) is 7.52. The monoisotopic (exact) mass is 233 g/mol. The molecule has 0 aliphatic heterocycles. The summed E-state index contributed by atoms with van der Waals surface area (Å²) >= 11 is 0. The van der Waals surface area contributed by atoms with Crippen LogP contribution in [0.1, 0.15) is 49.0 Å². The van der Waals surface area contributed by atoms with Gasteiger partial charge in [0, 0.05) is 12.0 Å². The highest BCUT2D eigenvalue weighted by molar-refractivity contribution is 5.96. The van der Waals surface area contributed by atoms with Crippen molar-refractivity contribution in [2.75, 3.05) is 6.54 Å². The molecule has 0 radical (unpaired) electrons. The molecule has 0 amide bonds. The van der Waals surface area contributed by atoms with Crippen molar-refractivity contribution in [3.63, 3.8) is 0 Å². The van der Waals surface area contributed by atoms with Gasteiger partial charge in [0.1, 0.15) is 0 Å². The predicted molar refractivity (Wildman–Crippen MR) is 72.2 cm³/mol. The van der Waals surface area contributed by atoms with E-state index >= 15 is 0 Å². The van der Waals surface area contributed by atoms with Crippen molar-refractivity contribution in [1.29, 1.82) is 0 Å². The standard InChI is InChI=1S/C15H23NO/c1-3-4-12(2)11-15(17)14-7-5-13(6-8-14)9-10-16/h5-8,12H,3-4,9-11,16H2,1-2H3. The van der Waals surface area contributed by atoms with Crippen LogP contribution in [0.4, 0.5) is 0 Å². The predicted octanol–water partition coefficient (Wildman–Crippen LogP) is 3.20. The minimum Gasteiger partial charge on any atom is -0.330 e. The van der Waals surface area contributed by atoms with Crippen LogP contribution >= 0.6 is 0 Å². The lowest BCUT2D eigenvalue weighted by atomic mass is 9.95. The van der Waals surface area contributed by atoms with Crippen molar-refractivity contribution in [1.82, 2.24) is 0 Å². The van der Waals surface area contributed by atoms with Gasteiger partial charge in [0.2, 0.25) is 0 Å². The largest absolute Gasteiger partial charge is 0.330 e. The number of rotatable bonds is 7. The highest BCUT2D eigenvalue weighted by Gasteiger charge is 2.10. The van der Waals surface area contributed by atoms with Gasteiger partial charge in [-0.3, -0.25) is 4.79 Å². The molecular formula is C15H23NO. The molecule has 0 heterocycles. The molecule has 1 aromatic rings. The summed E-state index contributed by atoms with van der Waals surface area (Å²) in [5, 5.41) is 0. The second-order valence-corrected chi connectivity index (χ2v) is 4.76. The van der Waals surface area contributed by atoms with Gasteiger partial charge in [-0.1, -0.05) is 51.0 Å². The third-order valence-electron chi connectivity index (χ3n) is 3.02. The smallest absolute Gasteiger partial charge is 0.163 e. The summed E-state index contributed by atoms with van der Waals surface area (Å²) in [4.78, 5) is 12.0. The molecule has 0 aromatic heterocycles. The minimum atomic E-state index is 0.255. The zero-order valence-corrected chi connectivity index (χ0v) is 10.9. The first-order chi connectivity index (χ1) is 8.17. The molecule has 1 rings (SSSR count). The molecule has 1 atom stereocenters. The highest BCUT2D eigenvalue weighted by atomic mass is 16.1. The minimum absolute atomic E-state index is 0.255. The van der Waals surface area contributed by atoms with Crippen LogP contribution in [0.5, 0.6) is 0 Å². The van der Waals surface area contributed by atoms with Gasteiger partial charge >= 0.3 is 0 Å². The van der Waals surface area contributed by atoms with Crippen LogP contribution in [-0.2, 0) is 6.42 Å². The first kappa shape index (κ1) is 13.9. The van der Waals surface area contributed by atoms with Gasteiger partial charge in [-0.15, -0.1) is 0 Å². The number of benzene rings is 1. The summed E-state index contributed by atoms with van der Waals surface area (Å²) in [6.45, 7) is 4.95. The fraction of sp³-hybridized carbons (Fsp3) is 0.533. The van der Waals surface area contributed by atoms with Crippen molar-refractivity contribution in [3.05, 3.63) is 35.4 Å². The van der Waals surface area contributed by atoms with Crippen LogP contribution in [-0.4, -0.2) is 12.3 Å². The van der Waals surface area contributed by atoms with E-state index in [1.807, 2.05) is 24.3 Å². The average Bonchev–Trinajstić information content (AvgIpc) is 2.30. The van der Waals surface area contributed by atoms with Crippen molar-refractivity contribution in [2.45, 2.75) is 39.5 Å². The van der Waals surface area contributed by atoms with Gasteiger partial charge in [-0.05, 0) is 24.4 Å². The third-order valence-corrected chi connectivity index (χ3v) is 3.02. The molecule has 1 aromatic carbocycles. The van der Waals surface area contributed by atoms with E-state index in [0.717, 1.165) is 24.8 Å². The molecule has 2 N–H and O–H groups in total. The van der Waals surface area contributed by atoms with E-state index in [-0.39, 0.29) is 5.78 Å². The van der Waals surface area contributed by atoms with E-state index in [9.17, 15) is 4.79 Å². The van der Waals surface area contributed by atoms with Crippen LogP contribution in [0.25, 0.3) is 0 Å². The molecule has 17 heavy (non-hydrogen) atoms. The zero-order valence-electron chi connectivity index (χ0n) is 10.9. The molecule has 0 saturated carbocycles. The van der Waals surface area contributed by atoms with Gasteiger partial charge < -0.3 is 5.73 Å². The molecule has 2 nitrogen and oxygen atoms in total. The van der Waals surface area contributed by atoms with E-state index < -0.39 is 0 Å². The Labute approximate surface area is 104 Å². The Morgan fingerprint density at radius 2 is 1.94 bits per heavy atom. The molecule has 0 aliphatic carbocycles. The topological polar surface area (TPSA) is 43.1 Å². The average molecular weight is 233 g/mol. The van der Waals surface area contributed by atoms with Gasteiger partial charge in [0.25, 0.3) is 0 Å². The Balaban J connectivity index is 2.57. The maximum Gasteiger partial charge on any atom is 0.163 e. The fourth-order valence-corrected chi connectivity index (χ4v) is 2.05. The number of hydrogen-bond acceptors (Lipinski definition) is 2. The quantitative estimate of drug-likeness (QED) is 0.735. The molecule has 0 bridgehead atoms. The summed E-state index contributed by atoms with van der Waals surface area (Å²) in [5.74, 6) is 0.737. The Kier molecular flexibility index (Phi) is 5.92. The summed E-state index contributed by atoms with van der Waals surface area (Å²) < 4.78 is 0. The molecule has 94 valence electrons. The van der Waals surface area contributed by atoms with Crippen LogP contribution in [0.15, 0.2) is 24.3 Å². The summed E-state index contributed by atoms with van der Waals surface area (Å²) in [6, 6.07) is 7.85.